The highest BCUT2D eigenvalue weighted by atomic mass is 32.2. The van der Waals surface area contributed by atoms with Crippen molar-refractivity contribution in [3.05, 3.63) is 48.2 Å². The normalized spacial score (nSPS) is 15.3. The van der Waals surface area contributed by atoms with Crippen molar-refractivity contribution in [3.63, 3.8) is 0 Å². The fourth-order valence-electron chi connectivity index (χ4n) is 3.04. The molecule has 0 saturated carbocycles. The summed E-state index contributed by atoms with van der Waals surface area (Å²) < 4.78 is 32.9. The van der Waals surface area contributed by atoms with Crippen LogP contribution >= 0.6 is 0 Å². The third kappa shape index (κ3) is 4.28. The van der Waals surface area contributed by atoms with Crippen LogP contribution in [0.25, 0.3) is 0 Å². The number of ether oxygens (including phenoxy) is 1. The van der Waals surface area contributed by atoms with Crippen LogP contribution in [0.15, 0.2) is 47.5 Å². The third-order valence-electron chi connectivity index (χ3n) is 4.36. The number of carbonyl (C=O) groups excluding carboxylic acids is 1. The van der Waals surface area contributed by atoms with Gasteiger partial charge < -0.3 is 10.1 Å². The minimum absolute atomic E-state index is 0.0992. The van der Waals surface area contributed by atoms with Gasteiger partial charge in [0, 0.05) is 19.3 Å². The minimum atomic E-state index is -3.67. The second-order valence-corrected chi connectivity index (χ2v) is 8.11. The van der Waals surface area contributed by atoms with Gasteiger partial charge in [-0.2, -0.15) is 4.31 Å². The molecule has 0 spiro atoms. The van der Waals surface area contributed by atoms with Gasteiger partial charge in [0.2, 0.25) is 15.9 Å². The lowest BCUT2D eigenvalue weighted by Crippen LogP contribution is -2.36. The number of aromatic nitrogens is 1. The van der Waals surface area contributed by atoms with Crippen LogP contribution in [0.5, 0.6) is 5.88 Å². The number of benzene rings is 1. The largest absolute Gasteiger partial charge is 0.477 e. The molecule has 1 amide bonds. The van der Waals surface area contributed by atoms with Crippen LogP contribution in [-0.4, -0.2) is 43.3 Å². The number of sulfonamides is 1. The standard InChI is InChI=1S/C19H23N3O4S/c1-2-26-19-15(9-8-12-20-19)18(23)21-16-10-4-5-11-17(16)27(24,25)22-13-6-3-7-14-22/h4-5,8-12H,2-3,6-7,13-14H2,1H3,(H,21,23). The SMILES string of the molecule is CCOc1ncccc1C(=O)Nc1ccccc1S(=O)(=O)N1CCCCC1. The molecule has 1 saturated heterocycles. The zero-order chi connectivity index (χ0) is 19.3. The van der Waals surface area contributed by atoms with E-state index < -0.39 is 15.9 Å². The molecule has 1 fully saturated rings. The van der Waals surface area contributed by atoms with Gasteiger partial charge in [-0.05, 0) is 44.0 Å². The molecule has 1 aliphatic rings. The molecule has 8 heteroatoms. The Labute approximate surface area is 159 Å². The highest BCUT2D eigenvalue weighted by molar-refractivity contribution is 7.89. The summed E-state index contributed by atoms with van der Waals surface area (Å²) in [6.45, 7) is 3.18. The van der Waals surface area contributed by atoms with Gasteiger partial charge in [0.05, 0.1) is 12.3 Å². The van der Waals surface area contributed by atoms with Crippen LogP contribution < -0.4 is 10.1 Å². The fraction of sp³-hybridized carbons (Fsp3) is 0.368. The Morgan fingerprint density at radius 2 is 1.89 bits per heavy atom. The van der Waals surface area contributed by atoms with Gasteiger partial charge in [-0.3, -0.25) is 4.79 Å². The zero-order valence-electron chi connectivity index (χ0n) is 15.2. The molecule has 27 heavy (non-hydrogen) atoms. The predicted octanol–water partition coefficient (Wildman–Crippen LogP) is 2.91. The maximum absolute atomic E-state index is 13.0. The van der Waals surface area contributed by atoms with Gasteiger partial charge >= 0.3 is 0 Å². The van der Waals surface area contributed by atoms with Crippen molar-refractivity contribution in [1.29, 1.82) is 0 Å². The predicted molar refractivity (Wildman–Crippen MR) is 102 cm³/mol. The molecule has 0 atom stereocenters. The van der Waals surface area contributed by atoms with E-state index in [0.29, 0.717) is 19.7 Å². The Kier molecular flexibility index (Phi) is 6.08. The Balaban J connectivity index is 1.90. The number of carbonyl (C=O) groups is 1. The monoisotopic (exact) mass is 389 g/mol. The number of rotatable bonds is 6. The molecule has 2 heterocycles. The molecule has 0 unspecified atom stereocenters. The van der Waals surface area contributed by atoms with E-state index in [0.717, 1.165) is 19.3 Å². The van der Waals surface area contributed by atoms with Crippen molar-refractivity contribution in [2.45, 2.75) is 31.1 Å². The maximum Gasteiger partial charge on any atom is 0.261 e. The van der Waals surface area contributed by atoms with Crippen molar-refractivity contribution < 1.29 is 17.9 Å². The van der Waals surface area contributed by atoms with E-state index in [1.165, 1.54) is 16.6 Å². The summed E-state index contributed by atoms with van der Waals surface area (Å²) in [6, 6.07) is 9.68. The second-order valence-electron chi connectivity index (χ2n) is 6.20. The Morgan fingerprint density at radius 1 is 1.15 bits per heavy atom. The summed E-state index contributed by atoms with van der Waals surface area (Å²) >= 11 is 0. The molecule has 1 aromatic heterocycles. The van der Waals surface area contributed by atoms with Gasteiger partial charge in [0.15, 0.2) is 0 Å². The molecule has 7 nitrogen and oxygen atoms in total. The van der Waals surface area contributed by atoms with Crippen LogP contribution in [0.3, 0.4) is 0 Å². The van der Waals surface area contributed by atoms with Crippen molar-refractivity contribution >= 4 is 21.6 Å². The smallest absolute Gasteiger partial charge is 0.261 e. The fourth-order valence-corrected chi connectivity index (χ4v) is 4.71. The summed E-state index contributed by atoms with van der Waals surface area (Å²) in [5, 5.41) is 2.71. The molecule has 1 aliphatic heterocycles. The van der Waals surface area contributed by atoms with Crippen molar-refractivity contribution in [2.24, 2.45) is 0 Å². The van der Waals surface area contributed by atoms with E-state index in [-0.39, 0.29) is 22.0 Å². The Bertz CT molecular complexity index is 909. The molecule has 2 aromatic rings. The van der Waals surface area contributed by atoms with Gasteiger partial charge in [-0.1, -0.05) is 18.6 Å². The average Bonchev–Trinajstić information content (AvgIpc) is 2.69. The lowest BCUT2D eigenvalue weighted by atomic mass is 10.2. The number of hydrogen-bond donors (Lipinski definition) is 1. The molecular weight excluding hydrogens is 366 g/mol. The number of nitrogens with zero attached hydrogens (tertiary/aromatic N) is 2. The van der Waals surface area contributed by atoms with E-state index >= 15 is 0 Å². The topological polar surface area (TPSA) is 88.6 Å². The molecular formula is C19H23N3O4S. The highest BCUT2D eigenvalue weighted by Gasteiger charge is 2.28. The van der Waals surface area contributed by atoms with Gasteiger partial charge in [0.1, 0.15) is 10.5 Å². The number of piperidine rings is 1. The van der Waals surface area contributed by atoms with E-state index in [1.807, 2.05) is 0 Å². The van der Waals surface area contributed by atoms with E-state index in [9.17, 15) is 13.2 Å². The maximum atomic E-state index is 13.0. The summed E-state index contributed by atoms with van der Waals surface area (Å²) in [5.74, 6) is -0.248. The molecule has 0 radical (unpaired) electrons. The van der Waals surface area contributed by atoms with E-state index in [2.05, 4.69) is 10.3 Å². The lowest BCUT2D eigenvalue weighted by molar-refractivity contribution is 0.102. The molecule has 1 N–H and O–H groups in total. The van der Waals surface area contributed by atoms with Crippen molar-refractivity contribution in [2.75, 3.05) is 25.0 Å². The van der Waals surface area contributed by atoms with Crippen LogP contribution in [0.2, 0.25) is 0 Å². The highest BCUT2D eigenvalue weighted by Crippen LogP contribution is 2.27. The summed E-state index contributed by atoms with van der Waals surface area (Å²) in [7, 11) is -3.67. The van der Waals surface area contributed by atoms with Crippen LogP contribution in [0, 0.1) is 0 Å². The first-order valence-electron chi connectivity index (χ1n) is 9.02. The quantitative estimate of drug-likeness (QED) is 0.821. The Hall–Kier alpha value is -2.45. The van der Waals surface area contributed by atoms with E-state index in [4.69, 9.17) is 4.74 Å². The number of anilines is 1. The number of hydrogen-bond acceptors (Lipinski definition) is 5. The summed E-state index contributed by atoms with van der Waals surface area (Å²) in [4.78, 5) is 16.9. The van der Waals surface area contributed by atoms with E-state index in [1.54, 1.807) is 37.3 Å². The van der Waals surface area contributed by atoms with Crippen molar-refractivity contribution in [1.82, 2.24) is 9.29 Å². The summed E-state index contributed by atoms with van der Waals surface area (Å²) in [6.07, 6.45) is 4.27. The van der Waals surface area contributed by atoms with Crippen LogP contribution in [-0.2, 0) is 10.0 Å². The van der Waals surface area contributed by atoms with Gasteiger partial charge in [-0.15, -0.1) is 0 Å². The van der Waals surface area contributed by atoms with Crippen LogP contribution in [0.1, 0.15) is 36.5 Å². The number of amides is 1. The number of pyridine rings is 1. The zero-order valence-corrected chi connectivity index (χ0v) is 16.0. The average molecular weight is 389 g/mol. The molecule has 0 aliphatic carbocycles. The second kappa shape index (κ2) is 8.49. The Morgan fingerprint density at radius 3 is 2.63 bits per heavy atom. The molecule has 1 aromatic carbocycles. The first-order chi connectivity index (χ1) is 13.0. The molecule has 3 rings (SSSR count). The lowest BCUT2D eigenvalue weighted by Gasteiger charge is -2.26. The van der Waals surface area contributed by atoms with Gasteiger partial charge in [-0.25, -0.2) is 13.4 Å². The molecule has 144 valence electrons. The number of nitrogens with one attached hydrogen (secondary N) is 1. The third-order valence-corrected chi connectivity index (χ3v) is 6.32. The molecule has 0 bridgehead atoms. The number of para-hydroxylation sites is 1. The first-order valence-corrected chi connectivity index (χ1v) is 10.5. The van der Waals surface area contributed by atoms with Crippen LogP contribution in [0.4, 0.5) is 5.69 Å². The van der Waals surface area contributed by atoms with Gasteiger partial charge in [0.25, 0.3) is 5.91 Å². The first kappa shape index (κ1) is 19.3. The summed E-state index contributed by atoms with van der Waals surface area (Å²) in [5.41, 5.74) is 0.504. The minimum Gasteiger partial charge on any atom is -0.477 e. The van der Waals surface area contributed by atoms with Crippen molar-refractivity contribution in [3.8, 4) is 5.88 Å².